The molecule has 2 fully saturated rings. The summed E-state index contributed by atoms with van der Waals surface area (Å²) in [4.78, 5) is 44.7. The van der Waals surface area contributed by atoms with Gasteiger partial charge in [0.1, 0.15) is 18.1 Å². The van der Waals surface area contributed by atoms with Gasteiger partial charge in [0.25, 0.3) is 0 Å². The van der Waals surface area contributed by atoms with Crippen molar-refractivity contribution in [1.82, 2.24) is 9.88 Å². The van der Waals surface area contributed by atoms with Gasteiger partial charge >= 0.3 is 5.97 Å². The van der Waals surface area contributed by atoms with E-state index in [1.165, 1.54) is 4.90 Å². The van der Waals surface area contributed by atoms with Gasteiger partial charge in [-0.1, -0.05) is 61.0 Å². The Hall–Kier alpha value is -5.28. The number of carbonyl (C=O) groups is 3. The molecule has 7 rings (SSSR count). The van der Waals surface area contributed by atoms with Crippen LogP contribution >= 0.6 is 0 Å². The van der Waals surface area contributed by atoms with Gasteiger partial charge < -0.3 is 19.7 Å². The molecule has 51 heavy (non-hydrogen) atoms. The highest BCUT2D eigenvalue weighted by atomic mass is 16.5. The molecule has 2 saturated heterocycles. The number of allylic oxidation sites excluding steroid dienone is 1. The number of para-hydroxylation sites is 1. The molecule has 0 unspecified atom stereocenters. The lowest BCUT2D eigenvalue weighted by Gasteiger charge is -2.32. The number of nitrogens with zero attached hydrogens (tertiary/aromatic N) is 2. The van der Waals surface area contributed by atoms with Crippen molar-refractivity contribution in [1.29, 1.82) is 0 Å². The predicted molar refractivity (Wildman–Crippen MR) is 194 cm³/mol. The largest absolute Gasteiger partial charge is 0.507 e. The maximum atomic E-state index is 13.9. The first kappa shape index (κ1) is 34.2. The third kappa shape index (κ3) is 7.30. The van der Waals surface area contributed by atoms with E-state index in [-0.39, 0.29) is 36.0 Å². The smallest absolute Gasteiger partial charge is 0.303 e. The molecule has 4 atom stereocenters. The molecule has 2 amide bonds. The van der Waals surface area contributed by atoms with Gasteiger partial charge in [-0.05, 0) is 96.2 Å². The first-order valence-electron chi connectivity index (χ1n) is 17.8. The van der Waals surface area contributed by atoms with Crippen LogP contribution in [0.3, 0.4) is 0 Å². The lowest BCUT2D eigenvalue weighted by Crippen LogP contribution is -2.35. The fraction of sp³-hybridized carbons (Fsp3) is 0.333. The van der Waals surface area contributed by atoms with E-state index in [9.17, 15) is 19.5 Å². The number of aliphatic carboxylic acids is 1. The Labute approximate surface area is 297 Å². The summed E-state index contributed by atoms with van der Waals surface area (Å²) in [6.45, 7) is 0.960. The van der Waals surface area contributed by atoms with Crippen LogP contribution in [0.2, 0.25) is 0 Å². The quantitative estimate of drug-likeness (QED) is 0.0804. The maximum Gasteiger partial charge on any atom is 0.303 e. The third-order valence-electron chi connectivity index (χ3n) is 10.5. The number of ether oxygens (including phenoxy) is 2. The molecule has 1 aliphatic carbocycles. The van der Waals surface area contributed by atoms with Gasteiger partial charge in [0.05, 0.1) is 30.2 Å². The molecule has 3 aromatic carbocycles. The highest BCUT2D eigenvalue weighted by molar-refractivity contribution is 6.06. The molecule has 3 aliphatic rings. The Kier molecular flexibility index (Phi) is 10.3. The van der Waals surface area contributed by atoms with E-state index in [4.69, 9.17) is 14.6 Å². The number of carboxylic acid groups (broad SMARTS) is 1. The highest BCUT2D eigenvalue weighted by Gasteiger charge is 2.56. The van der Waals surface area contributed by atoms with Crippen molar-refractivity contribution in [2.75, 3.05) is 19.8 Å². The molecule has 2 aliphatic heterocycles. The van der Waals surface area contributed by atoms with E-state index in [0.29, 0.717) is 58.3 Å². The normalized spacial score (nSPS) is 21.6. The molecule has 0 radical (unpaired) electrons. The highest BCUT2D eigenvalue weighted by Crippen LogP contribution is 2.50. The van der Waals surface area contributed by atoms with Crippen LogP contribution in [-0.2, 0) is 19.1 Å². The minimum absolute atomic E-state index is 0.0781. The van der Waals surface area contributed by atoms with E-state index < -0.39 is 17.8 Å². The van der Waals surface area contributed by atoms with Gasteiger partial charge in [0.2, 0.25) is 11.8 Å². The summed E-state index contributed by atoms with van der Waals surface area (Å²) in [5, 5.41) is 21.2. The summed E-state index contributed by atoms with van der Waals surface area (Å²) in [6, 6.07) is 26.9. The summed E-state index contributed by atoms with van der Waals surface area (Å²) in [6.07, 6.45) is 7.19. The zero-order valence-corrected chi connectivity index (χ0v) is 28.4. The first-order valence-corrected chi connectivity index (χ1v) is 17.8. The van der Waals surface area contributed by atoms with E-state index >= 15 is 0 Å². The monoisotopic (exact) mass is 686 g/mol. The number of fused-ring (bicyclic) bond motifs is 4. The topological polar surface area (TPSA) is 126 Å². The SMILES string of the molecule is O=C(O)CCCCCN1C(=O)[C@@H]2[C@@H](CC(COc3ccccc3)=C3[C@@H](CC/C(=C/c4ccc(O)c5ccccc45)c4ccccn4)OC[C@@H]32)C1=O. The van der Waals surface area contributed by atoms with Crippen LogP contribution < -0.4 is 4.74 Å². The van der Waals surface area contributed by atoms with Gasteiger partial charge in [0.15, 0.2) is 0 Å². The average Bonchev–Trinajstić information content (AvgIpc) is 3.68. The minimum atomic E-state index is -0.842. The van der Waals surface area contributed by atoms with Gasteiger partial charge in [-0.3, -0.25) is 24.3 Å². The molecule has 9 nitrogen and oxygen atoms in total. The first-order chi connectivity index (χ1) is 24.9. The Morgan fingerprint density at radius 3 is 2.45 bits per heavy atom. The zero-order valence-electron chi connectivity index (χ0n) is 28.4. The van der Waals surface area contributed by atoms with Crippen molar-refractivity contribution in [3.63, 3.8) is 0 Å². The Balaban J connectivity index is 1.16. The van der Waals surface area contributed by atoms with E-state index in [0.717, 1.165) is 44.5 Å². The molecule has 4 aromatic rings. The molecule has 2 N–H and O–H groups in total. The number of likely N-dealkylation sites (tertiary alicyclic amines) is 1. The molecule has 0 bridgehead atoms. The average molecular weight is 687 g/mol. The van der Waals surface area contributed by atoms with Gasteiger partial charge in [0, 0.05) is 30.5 Å². The number of rotatable bonds is 14. The molecule has 0 spiro atoms. The van der Waals surface area contributed by atoms with E-state index in [1.54, 1.807) is 12.3 Å². The van der Waals surface area contributed by atoms with Crippen molar-refractivity contribution < 1.29 is 34.1 Å². The molecule has 3 heterocycles. The van der Waals surface area contributed by atoms with Crippen LogP contribution in [0, 0.1) is 17.8 Å². The lowest BCUT2D eigenvalue weighted by molar-refractivity contribution is -0.141. The number of amides is 2. The van der Waals surface area contributed by atoms with Crippen LogP contribution in [0.4, 0.5) is 0 Å². The Morgan fingerprint density at radius 1 is 0.882 bits per heavy atom. The van der Waals surface area contributed by atoms with Crippen LogP contribution in [0.15, 0.2) is 102 Å². The lowest BCUT2D eigenvalue weighted by atomic mass is 9.69. The van der Waals surface area contributed by atoms with Crippen molar-refractivity contribution >= 4 is 40.2 Å². The molecular formula is C42H42N2O7. The number of carboxylic acids is 1. The third-order valence-corrected chi connectivity index (χ3v) is 10.5. The van der Waals surface area contributed by atoms with Crippen LogP contribution in [0.1, 0.15) is 56.2 Å². The molecule has 1 aromatic heterocycles. The van der Waals surface area contributed by atoms with Crippen LogP contribution in [0.5, 0.6) is 11.5 Å². The van der Waals surface area contributed by atoms with E-state index in [1.807, 2.05) is 78.9 Å². The second-order valence-corrected chi connectivity index (χ2v) is 13.6. The number of pyridine rings is 1. The summed E-state index contributed by atoms with van der Waals surface area (Å²) >= 11 is 0. The molecule has 9 heteroatoms. The van der Waals surface area contributed by atoms with Gasteiger partial charge in [-0.25, -0.2) is 0 Å². The Bertz CT molecular complexity index is 1970. The van der Waals surface area contributed by atoms with Crippen molar-refractivity contribution in [3.05, 3.63) is 114 Å². The second kappa shape index (κ2) is 15.3. The molecule has 0 saturated carbocycles. The number of hydrogen-bond acceptors (Lipinski definition) is 7. The van der Waals surface area contributed by atoms with Crippen molar-refractivity contribution in [3.8, 4) is 11.5 Å². The van der Waals surface area contributed by atoms with Gasteiger partial charge in [-0.15, -0.1) is 0 Å². The number of benzene rings is 3. The number of hydrogen-bond donors (Lipinski definition) is 2. The number of unbranched alkanes of at least 4 members (excludes halogenated alkanes) is 2. The standard InChI is InChI=1S/C42H42N2O7/c45-36-19-17-27(31-13-6-7-14-32(31)36)23-28(35-15-8-9-21-43-35)18-20-37-39-29(25-50-30-11-3-1-4-12-30)24-33-40(34(39)26-51-37)42(49)44(41(33)48)22-10-2-5-16-38(46)47/h1,3-4,6-9,11-15,17,19,21,23,33-34,37,40,45H,2,5,10,16,18,20,22,24-26H2,(H,46,47)/b28-23-/t33-,34+,37-,40-/m1/s1. The fourth-order valence-electron chi connectivity index (χ4n) is 8.03. The molecular weight excluding hydrogens is 644 g/mol. The number of aromatic nitrogens is 1. The Morgan fingerprint density at radius 2 is 1.67 bits per heavy atom. The number of aromatic hydroxyl groups is 1. The fourth-order valence-corrected chi connectivity index (χ4v) is 8.03. The minimum Gasteiger partial charge on any atom is -0.507 e. The number of imide groups is 1. The van der Waals surface area contributed by atoms with Crippen molar-refractivity contribution in [2.24, 2.45) is 17.8 Å². The summed E-state index contributed by atoms with van der Waals surface area (Å²) in [5.41, 5.74) is 4.95. The zero-order chi connectivity index (χ0) is 35.3. The van der Waals surface area contributed by atoms with E-state index in [2.05, 4.69) is 11.1 Å². The van der Waals surface area contributed by atoms with Crippen LogP contribution in [-0.4, -0.2) is 63.7 Å². The van der Waals surface area contributed by atoms with Crippen molar-refractivity contribution in [2.45, 2.75) is 51.0 Å². The molecule has 262 valence electrons. The number of phenols is 1. The number of phenolic OH excluding ortho intramolecular Hbond substituents is 1. The summed E-state index contributed by atoms with van der Waals surface area (Å²) < 4.78 is 12.8. The maximum absolute atomic E-state index is 13.9. The summed E-state index contributed by atoms with van der Waals surface area (Å²) in [5.74, 6) is -1.34. The van der Waals surface area contributed by atoms with Gasteiger partial charge in [-0.2, -0.15) is 0 Å². The second-order valence-electron chi connectivity index (χ2n) is 13.6. The summed E-state index contributed by atoms with van der Waals surface area (Å²) in [7, 11) is 0. The predicted octanol–water partition coefficient (Wildman–Crippen LogP) is 7.30. The van der Waals surface area contributed by atoms with Crippen LogP contribution in [0.25, 0.3) is 22.4 Å². The number of carbonyl (C=O) groups excluding carboxylic acids is 2.